The first-order valence-corrected chi connectivity index (χ1v) is 5.73. The molecule has 88 valence electrons. The summed E-state index contributed by atoms with van der Waals surface area (Å²) in [5.74, 6) is 0.832. The van der Waals surface area contributed by atoms with E-state index in [1.54, 1.807) is 0 Å². The van der Waals surface area contributed by atoms with Gasteiger partial charge in [0, 0.05) is 17.1 Å². The molecule has 16 heavy (non-hydrogen) atoms. The Kier molecular flexibility index (Phi) is 4.84. The van der Waals surface area contributed by atoms with Crippen LogP contribution in [0.1, 0.15) is 31.0 Å². The second kappa shape index (κ2) is 5.92. The summed E-state index contributed by atoms with van der Waals surface area (Å²) < 4.78 is 5.67. The van der Waals surface area contributed by atoms with Gasteiger partial charge in [0.1, 0.15) is 12.4 Å². The summed E-state index contributed by atoms with van der Waals surface area (Å²) in [4.78, 5) is 0. The van der Waals surface area contributed by atoms with E-state index in [-0.39, 0.29) is 6.04 Å². The van der Waals surface area contributed by atoms with Crippen LogP contribution in [0, 0.1) is 6.92 Å². The second-order valence-corrected chi connectivity index (χ2v) is 4.29. The quantitative estimate of drug-likeness (QED) is 0.872. The Bertz CT molecular complexity index is 386. The van der Waals surface area contributed by atoms with Gasteiger partial charge in [0.15, 0.2) is 0 Å². The molecule has 0 radical (unpaired) electrons. The molecule has 0 fully saturated rings. The summed E-state index contributed by atoms with van der Waals surface area (Å²) >= 11 is 5.58. The van der Waals surface area contributed by atoms with Gasteiger partial charge in [-0.15, -0.1) is 0 Å². The van der Waals surface area contributed by atoms with Gasteiger partial charge in [-0.1, -0.05) is 29.3 Å². The van der Waals surface area contributed by atoms with E-state index < -0.39 is 0 Å². The van der Waals surface area contributed by atoms with Crippen LogP contribution in [0.3, 0.4) is 0 Å². The molecule has 0 saturated carbocycles. The minimum absolute atomic E-state index is 0.0322. The topological polar surface area (TPSA) is 35.2 Å². The predicted molar refractivity (Wildman–Crippen MR) is 68.9 cm³/mol. The molecule has 2 N–H and O–H groups in total. The van der Waals surface area contributed by atoms with Crippen molar-refractivity contribution in [3.8, 4) is 5.75 Å². The molecule has 0 aliphatic carbocycles. The van der Waals surface area contributed by atoms with Gasteiger partial charge in [-0.2, -0.15) is 0 Å². The van der Waals surface area contributed by atoms with Crippen molar-refractivity contribution in [1.29, 1.82) is 0 Å². The number of benzene rings is 1. The molecule has 1 atom stereocenters. The highest BCUT2D eigenvalue weighted by molar-refractivity contribution is 6.25. The predicted octanol–water partition coefficient (Wildman–Crippen LogP) is 3.54. The van der Waals surface area contributed by atoms with Crippen LogP contribution in [0.15, 0.2) is 29.3 Å². The smallest absolute Gasteiger partial charge is 0.124 e. The van der Waals surface area contributed by atoms with Crippen LogP contribution >= 0.6 is 11.6 Å². The number of hydrogen-bond acceptors (Lipinski definition) is 2. The fourth-order valence-electron chi connectivity index (χ4n) is 1.38. The Morgan fingerprint density at radius 1 is 1.56 bits per heavy atom. The lowest BCUT2D eigenvalue weighted by molar-refractivity contribution is 0.346. The van der Waals surface area contributed by atoms with Crippen molar-refractivity contribution < 1.29 is 4.74 Å². The lowest BCUT2D eigenvalue weighted by atomic mass is 10.1. The van der Waals surface area contributed by atoms with Crippen LogP contribution in [-0.4, -0.2) is 6.61 Å². The highest BCUT2D eigenvalue weighted by Gasteiger charge is 2.08. The van der Waals surface area contributed by atoms with Crippen molar-refractivity contribution in [2.75, 3.05) is 6.61 Å². The molecular formula is C13H18ClNO. The van der Waals surface area contributed by atoms with Gasteiger partial charge < -0.3 is 10.5 Å². The number of aryl methyl sites for hydroxylation is 1. The van der Waals surface area contributed by atoms with Crippen LogP contribution in [0.5, 0.6) is 5.75 Å². The molecule has 0 aliphatic rings. The number of hydrogen-bond donors (Lipinski definition) is 1. The maximum absolute atomic E-state index is 5.90. The molecule has 1 rings (SSSR count). The lowest BCUT2D eigenvalue weighted by Crippen LogP contribution is -2.09. The molecule has 0 heterocycles. The van der Waals surface area contributed by atoms with Crippen LogP contribution in [-0.2, 0) is 0 Å². The van der Waals surface area contributed by atoms with E-state index in [0.717, 1.165) is 16.9 Å². The Morgan fingerprint density at radius 3 is 2.81 bits per heavy atom. The summed E-state index contributed by atoms with van der Waals surface area (Å²) in [5.41, 5.74) is 10.6. The van der Waals surface area contributed by atoms with Gasteiger partial charge in [-0.3, -0.25) is 0 Å². The SMILES string of the molecule is C/C(=C\Cl)COc1ccc(C)cc1C(C)N. The number of halogens is 1. The third-order valence-electron chi connectivity index (χ3n) is 2.30. The molecule has 1 aromatic carbocycles. The number of rotatable bonds is 4. The Hall–Kier alpha value is -0.990. The minimum Gasteiger partial charge on any atom is -0.489 e. The van der Waals surface area contributed by atoms with Crippen LogP contribution < -0.4 is 10.5 Å². The van der Waals surface area contributed by atoms with Crippen molar-refractivity contribution in [2.45, 2.75) is 26.8 Å². The maximum Gasteiger partial charge on any atom is 0.124 e. The van der Waals surface area contributed by atoms with Crippen molar-refractivity contribution in [3.05, 3.63) is 40.4 Å². The average Bonchev–Trinajstić information content (AvgIpc) is 2.26. The fourth-order valence-corrected chi connectivity index (χ4v) is 1.44. The monoisotopic (exact) mass is 239 g/mol. The van der Waals surface area contributed by atoms with E-state index in [9.17, 15) is 0 Å². The molecule has 1 aromatic rings. The van der Waals surface area contributed by atoms with Crippen molar-refractivity contribution in [2.24, 2.45) is 5.73 Å². The van der Waals surface area contributed by atoms with E-state index in [4.69, 9.17) is 22.1 Å². The van der Waals surface area contributed by atoms with E-state index in [2.05, 4.69) is 6.07 Å². The molecule has 0 bridgehead atoms. The Balaban J connectivity index is 2.87. The zero-order valence-electron chi connectivity index (χ0n) is 9.96. The highest BCUT2D eigenvalue weighted by atomic mass is 35.5. The Labute approximate surface area is 102 Å². The third-order valence-corrected chi connectivity index (χ3v) is 2.67. The summed E-state index contributed by atoms with van der Waals surface area (Å²) in [6, 6.07) is 5.99. The molecule has 0 amide bonds. The van der Waals surface area contributed by atoms with E-state index in [1.807, 2.05) is 32.9 Å². The molecule has 0 spiro atoms. The molecule has 0 saturated heterocycles. The highest BCUT2D eigenvalue weighted by Crippen LogP contribution is 2.25. The van der Waals surface area contributed by atoms with Gasteiger partial charge >= 0.3 is 0 Å². The molecule has 0 aromatic heterocycles. The Morgan fingerprint density at radius 2 is 2.25 bits per heavy atom. The molecule has 1 unspecified atom stereocenters. The van der Waals surface area contributed by atoms with Gasteiger partial charge in [-0.05, 0) is 32.4 Å². The summed E-state index contributed by atoms with van der Waals surface area (Å²) in [6.45, 7) is 6.41. The van der Waals surface area contributed by atoms with Crippen LogP contribution in [0.4, 0.5) is 0 Å². The van der Waals surface area contributed by atoms with Gasteiger partial charge in [-0.25, -0.2) is 0 Å². The first kappa shape index (κ1) is 13.1. The first-order chi connectivity index (χ1) is 7.54. The third kappa shape index (κ3) is 3.54. The standard InChI is InChI=1S/C13H18ClNO/c1-9-4-5-13(12(6-9)11(3)15)16-8-10(2)7-14/h4-7,11H,8,15H2,1-3H3/b10-7+. The van der Waals surface area contributed by atoms with Crippen LogP contribution in [0.2, 0.25) is 0 Å². The van der Waals surface area contributed by atoms with Crippen LogP contribution in [0.25, 0.3) is 0 Å². The average molecular weight is 240 g/mol. The fraction of sp³-hybridized carbons (Fsp3) is 0.385. The van der Waals surface area contributed by atoms with Gasteiger partial charge in [0.05, 0.1) is 0 Å². The lowest BCUT2D eigenvalue weighted by Gasteiger charge is -2.14. The van der Waals surface area contributed by atoms with E-state index >= 15 is 0 Å². The van der Waals surface area contributed by atoms with E-state index in [0.29, 0.717) is 6.61 Å². The van der Waals surface area contributed by atoms with Crippen molar-refractivity contribution >= 4 is 11.6 Å². The summed E-state index contributed by atoms with van der Waals surface area (Å²) in [5, 5.41) is 0. The normalized spacial score (nSPS) is 13.7. The first-order valence-electron chi connectivity index (χ1n) is 5.29. The van der Waals surface area contributed by atoms with Crippen molar-refractivity contribution in [3.63, 3.8) is 0 Å². The van der Waals surface area contributed by atoms with Gasteiger partial charge in [0.2, 0.25) is 0 Å². The maximum atomic E-state index is 5.90. The van der Waals surface area contributed by atoms with Crippen molar-refractivity contribution in [1.82, 2.24) is 0 Å². The minimum atomic E-state index is -0.0322. The zero-order valence-corrected chi connectivity index (χ0v) is 10.7. The number of nitrogens with two attached hydrogens (primary N) is 1. The molecular weight excluding hydrogens is 222 g/mol. The van der Waals surface area contributed by atoms with Gasteiger partial charge in [0.25, 0.3) is 0 Å². The molecule has 3 heteroatoms. The second-order valence-electron chi connectivity index (χ2n) is 4.07. The molecule has 2 nitrogen and oxygen atoms in total. The zero-order chi connectivity index (χ0) is 12.1. The number of ether oxygens (including phenoxy) is 1. The summed E-state index contributed by atoms with van der Waals surface area (Å²) in [7, 11) is 0. The largest absolute Gasteiger partial charge is 0.489 e. The molecule has 0 aliphatic heterocycles. The van der Waals surface area contributed by atoms with E-state index in [1.165, 1.54) is 11.1 Å². The summed E-state index contributed by atoms with van der Waals surface area (Å²) in [6.07, 6.45) is 0.